The van der Waals surface area contributed by atoms with E-state index in [1.165, 1.54) is 12.5 Å². The number of aliphatic carboxylic acids is 1. The summed E-state index contributed by atoms with van der Waals surface area (Å²) in [7, 11) is 0. The molecule has 0 saturated carbocycles. The highest BCUT2D eigenvalue weighted by Gasteiger charge is 2.23. The second-order valence-electron chi connectivity index (χ2n) is 4.13. The number of hydrogen-bond acceptors (Lipinski definition) is 5. The molecule has 0 saturated heterocycles. The lowest BCUT2D eigenvalue weighted by Gasteiger charge is -2.13. The first kappa shape index (κ1) is 14.2. The third-order valence-corrected chi connectivity index (χ3v) is 2.65. The fourth-order valence-electron chi connectivity index (χ4n) is 1.63. The normalized spacial score (nSPS) is 11.8. The van der Waals surface area contributed by atoms with Crippen LogP contribution in [0.3, 0.4) is 0 Å². The van der Waals surface area contributed by atoms with Gasteiger partial charge in [-0.3, -0.25) is 14.6 Å². The van der Waals surface area contributed by atoms with Crippen molar-refractivity contribution in [3.05, 3.63) is 50.8 Å². The van der Waals surface area contributed by atoms with E-state index in [0.717, 1.165) is 6.20 Å². The molecule has 1 atom stereocenters. The Bertz CT molecular complexity index is 760. The molecule has 0 spiro atoms. The second kappa shape index (κ2) is 5.86. The van der Waals surface area contributed by atoms with Crippen molar-refractivity contribution in [3.8, 4) is 0 Å². The fraction of sp³-hybridized carbons (Fsp3) is 0.182. The molecule has 2 aromatic rings. The van der Waals surface area contributed by atoms with Gasteiger partial charge in [0.1, 0.15) is 11.6 Å². The Balaban J connectivity index is 2.16. The van der Waals surface area contributed by atoms with Crippen molar-refractivity contribution in [2.75, 3.05) is 0 Å². The summed E-state index contributed by atoms with van der Waals surface area (Å²) in [5, 5.41) is 11.3. The van der Waals surface area contributed by atoms with Gasteiger partial charge >= 0.3 is 11.7 Å². The molecular formula is C11H11N5O5. The number of H-pyrrole nitrogens is 3. The topological polar surface area (TPSA) is 161 Å². The van der Waals surface area contributed by atoms with Gasteiger partial charge in [0.25, 0.3) is 11.5 Å². The summed E-state index contributed by atoms with van der Waals surface area (Å²) < 4.78 is 0. The second-order valence-corrected chi connectivity index (χ2v) is 4.13. The molecule has 21 heavy (non-hydrogen) atoms. The maximum Gasteiger partial charge on any atom is 0.326 e. The molecule has 0 aliphatic rings. The predicted molar refractivity (Wildman–Crippen MR) is 68.9 cm³/mol. The SMILES string of the molecule is O=C(N[C@H](Cc1cnc[nH]1)C(=O)O)c1c[nH]c(=O)[nH]c1=O. The van der Waals surface area contributed by atoms with E-state index >= 15 is 0 Å². The van der Waals surface area contributed by atoms with Gasteiger partial charge in [0, 0.05) is 24.5 Å². The van der Waals surface area contributed by atoms with Gasteiger partial charge < -0.3 is 20.4 Å². The smallest absolute Gasteiger partial charge is 0.326 e. The van der Waals surface area contributed by atoms with Crippen LogP contribution in [0, 0.1) is 0 Å². The quantitative estimate of drug-likeness (QED) is 0.437. The maximum atomic E-state index is 11.9. The van der Waals surface area contributed by atoms with Crippen molar-refractivity contribution in [2.45, 2.75) is 12.5 Å². The number of aromatic amines is 3. The van der Waals surface area contributed by atoms with Gasteiger partial charge in [-0.1, -0.05) is 0 Å². The maximum absolute atomic E-state index is 11.9. The molecule has 0 fully saturated rings. The first-order chi connectivity index (χ1) is 9.97. The Morgan fingerprint density at radius 2 is 2.10 bits per heavy atom. The van der Waals surface area contributed by atoms with Crippen molar-refractivity contribution < 1.29 is 14.7 Å². The van der Waals surface area contributed by atoms with E-state index < -0.39 is 29.2 Å². The van der Waals surface area contributed by atoms with Gasteiger partial charge in [0.05, 0.1) is 6.33 Å². The number of aromatic nitrogens is 4. The van der Waals surface area contributed by atoms with Crippen LogP contribution in [0.2, 0.25) is 0 Å². The van der Waals surface area contributed by atoms with E-state index in [0.29, 0.717) is 5.69 Å². The fourth-order valence-corrected chi connectivity index (χ4v) is 1.63. The highest BCUT2D eigenvalue weighted by molar-refractivity contribution is 5.96. The lowest BCUT2D eigenvalue weighted by Crippen LogP contribution is -2.44. The summed E-state index contributed by atoms with van der Waals surface area (Å²) in [4.78, 5) is 55.8. The van der Waals surface area contributed by atoms with Gasteiger partial charge in [-0.25, -0.2) is 14.6 Å². The number of nitrogens with one attached hydrogen (secondary N) is 4. The van der Waals surface area contributed by atoms with E-state index in [2.05, 4.69) is 20.3 Å². The molecular weight excluding hydrogens is 282 g/mol. The molecule has 0 bridgehead atoms. The van der Waals surface area contributed by atoms with Gasteiger partial charge in [0.2, 0.25) is 0 Å². The average Bonchev–Trinajstić information content (AvgIpc) is 2.90. The predicted octanol–water partition coefficient (Wildman–Crippen LogP) is -1.79. The Hall–Kier alpha value is -3.17. The number of imidazole rings is 1. The third kappa shape index (κ3) is 3.43. The molecule has 0 aliphatic heterocycles. The van der Waals surface area contributed by atoms with Crippen LogP contribution in [0.25, 0.3) is 0 Å². The van der Waals surface area contributed by atoms with Crippen LogP contribution in [-0.2, 0) is 11.2 Å². The van der Waals surface area contributed by atoms with E-state index in [1.54, 1.807) is 0 Å². The van der Waals surface area contributed by atoms with Crippen LogP contribution in [0.5, 0.6) is 0 Å². The third-order valence-electron chi connectivity index (χ3n) is 2.65. The molecule has 2 rings (SSSR count). The van der Waals surface area contributed by atoms with Crippen LogP contribution >= 0.6 is 0 Å². The minimum atomic E-state index is -1.26. The zero-order chi connectivity index (χ0) is 15.4. The molecule has 0 radical (unpaired) electrons. The lowest BCUT2D eigenvalue weighted by atomic mass is 10.1. The molecule has 1 amide bonds. The van der Waals surface area contributed by atoms with Crippen molar-refractivity contribution >= 4 is 11.9 Å². The van der Waals surface area contributed by atoms with Crippen molar-refractivity contribution in [3.63, 3.8) is 0 Å². The van der Waals surface area contributed by atoms with Crippen LogP contribution in [0.1, 0.15) is 16.1 Å². The van der Waals surface area contributed by atoms with Crippen LogP contribution in [0.15, 0.2) is 28.3 Å². The first-order valence-corrected chi connectivity index (χ1v) is 5.80. The van der Waals surface area contributed by atoms with Crippen molar-refractivity contribution in [1.82, 2.24) is 25.3 Å². The molecule has 0 aliphatic carbocycles. The lowest BCUT2D eigenvalue weighted by molar-refractivity contribution is -0.139. The Kier molecular flexibility index (Phi) is 3.97. The van der Waals surface area contributed by atoms with Gasteiger partial charge in [-0.2, -0.15) is 0 Å². The molecule has 0 aromatic carbocycles. The molecule has 2 aromatic heterocycles. The number of amides is 1. The van der Waals surface area contributed by atoms with Crippen LogP contribution in [0.4, 0.5) is 0 Å². The largest absolute Gasteiger partial charge is 0.480 e. The zero-order valence-electron chi connectivity index (χ0n) is 10.5. The van der Waals surface area contributed by atoms with E-state index in [4.69, 9.17) is 5.11 Å². The van der Waals surface area contributed by atoms with Gasteiger partial charge in [-0.15, -0.1) is 0 Å². The average molecular weight is 293 g/mol. The van der Waals surface area contributed by atoms with E-state index in [1.807, 2.05) is 4.98 Å². The highest BCUT2D eigenvalue weighted by Crippen LogP contribution is 2.00. The number of carbonyl (C=O) groups is 2. The van der Waals surface area contributed by atoms with Crippen LogP contribution in [-0.4, -0.2) is 43.0 Å². The number of nitrogens with zero attached hydrogens (tertiary/aromatic N) is 1. The van der Waals surface area contributed by atoms with Gasteiger partial charge in [0.15, 0.2) is 0 Å². The zero-order valence-corrected chi connectivity index (χ0v) is 10.5. The van der Waals surface area contributed by atoms with Gasteiger partial charge in [-0.05, 0) is 0 Å². The molecule has 10 heteroatoms. The highest BCUT2D eigenvalue weighted by atomic mass is 16.4. The minimum Gasteiger partial charge on any atom is -0.480 e. The Morgan fingerprint density at radius 1 is 1.33 bits per heavy atom. The van der Waals surface area contributed by atoms with E-state index in [-0.39, 0.29) is 12.0 Å². The number of hydrogen-bond donors (Lipinski definition) is 5. The van der Waals surface area contributed by atoms with E-state index in [9.17, 15) is 19.2 Å². The summed E-state index contributed by atoms with van der Waals surface area (Å²) >= 11 is 0. The number of rotatable bonds is 5. The monoisotopic (exact) mass is 293 g/mol. The van der Waals surface area contributed by atoms with Crippen LogP contribution < -0.4 is 16.6 Å². The summed E-state index contributed by atoms with van der Waals surface area (Å²) in [5.74, 6) is -2.17. The summed E-state index contributed by atoms with van der Waals surface area (Å²) in [6.45, 7) is 0. The number of carboxylic acids is 1. The molecule has 5 N–H and O–H groups in total. The summed E-state index contributed by atoms with van der Waals surface area (Å²) in [5.41, 5.74) is -1.53. The summed E-state index contributed by atoms with van der Waals surface area (Å²) in [6, 6.07) is -1.25. The minimum absolute atomic E-state index is 0.0255. The molecule has 2 heterocycles. The number of carboxylic acid groups (broad SMARTS) is 1. The molecule has 10 nitrogen and oxygen atoms in total. The first-order valence-electron chi connectivity index (χ1n) is 5.80. The molecule has 110 valence electrons. The standard InChI is InChI=1S/C11H11N5O5/c17-8(6-3-13-11(21)16-9(6)18)15-7(10(19)20)1-5-2-12-4-14-5/h2-4,7H,1H2,(H,12,14)(H,15,17)(H,19,20)(H2,13,16,18,21)/t7-/m1/s1. The molecule has 0 unspecified atom stereocenters. The Labute approximate surface area is 116 Å². The number of carbonyl (C=O) groups excluding carboxylic acids is 1. The van der Waals surface area contributed by atoms with Crippen molar-refractivity contribution in [1.29, 1.82) is 0 Å². The Morgan fingerprint density at radius 3 is 2.67 bits per heavy atom. The summed E-state index contributed by atoms with van der Waals surface area (Å²) in [6.07, 6.45) is 3.70. The van der Waals surface area contributed by atoms with Crippen molar-refractivity contribution in [2.24, 2.45) is 0 Å².